The first-order valence-electron chi connectivity index (χ1n) is 9.37. The highest BCUT2D eigenvalue weighted by Gasteiger charge is 2.58. The van der Waals surface area contributed by atoms with Crippen molar-refractivity contribution in [2.45, 2.75) is 25.2 Å². The summed E-state index contributed by atoms with van der Waals surface area (Å²) >= 11 is 0. The molecule has 0 bridgehead atoms. The molecule has 6 nitrogen and oxygen atoms in total. The van der Waals surface area contributed by atoms with E-state index in [-0.39, 0.29) is 17.2 Å². The number of aromatic nitrogens is 3. The van der Waals surface area contributed by atoms with Crippen LogP contribution in [-0.2, 0) is 0 Å². The van der Waals surface area contributed by atoms with Crippen LogP contribution in [0.2, 0.25) is 0 Å². The van der Waals surface area contributed by atoms with Crippen LogP contribution in [0.3, 0.4) is 0 Å². The minimum absolute atomic E-state index is 0.217. The predicted molar refractivity (Wildman–Crippen MR) is 99.9 cm³/mol. The number of hydrogen-bond acceptors (Lipinski definition) is 6. The first-order valence-corrected chi connectivity index (χ1v) is 9.37. The van der Waals surface area contributed by atoms with Crippen LogP contribution in [0.15, 0.2) is 47.0 Å². The number of anilines is 1. The highest BCUT2D eigenvalue weighted by Crippen LogP contribution is 2.64. The molecule has 1 aromatic carbocycles. The molecule has 1 spiro atoms. The molecule has 2 aromatic heterocycles. The maximum atomic E-state index is 13.4. The van der Waals surface area contributed by atoms with Crippen LogP contribution >= 0.6 is 0 Å². The SMILES string of the molecule is N#Cc1ccc(N2CCC3(CC2)C[C@H]3c2nnc(-c3cccc(F)c3)o2)nc1. The van der Waals surface area contributed by atoms with Gasteiger partial charge in [0.05, 0.1) is 5.56 Å². The van der Waals surface area contributed by atoms with Crippen molar-refractivity contribution in [2.24, 2.45) is 5.41 Å². The summed E-state index contributed by atoms with van der Waals surface area (Å²) in [5.41, 5.74) is 1.40. The summed E-state index contributed by atoms with van der Waals surface area (Å²) in [6.45, 7) is 1.83. The minimum Gasteiger partial charge on any atom is -0.420 e. The number of pyridine rings is 1. The van der Waals surface area contributed by atoms with Gasteiger partial charge in [0.1, 0.15) is 17.7 Å². The van der Waals surface area contributed by atoms with Crippen LogP contribution in [0.4, 0.5) is 10.2 Å². The maximum Gasteiger partial charge on any atom is 0.247 e. The molecule has 0 unspecified atom stereocenters. The Kier molecular flexibility index (Phi) is 3.86. The molecule has 3 aromatic rings. The fourth-order valence-electron chi connectivity index (χ4n) is 4.18. The predicted octanol–water partition coefficient (Wildman–Crippen LogP) is 3.92. The fraction of sp³-hybridized carbons (Fsp3) is 0.333. The van der Waals surface area contributed by atoms with Gasteiger partial charge in [-0.15, -0.1) is 10.2 Å². The Bertz CT molecular complexity index is 1050. The van der Waals surface area contributed by atoms with Crippen molar-refractivity contribution in [3.8, 4) is 17.5 Å². The number of nitriles is 1. The molecule has 0 radical (unpaired) electrons. The van der Waals surface area contributed by atoms with E-state index in [0.717, 1.165) is 38.2 Å². The van der Waals surface area contributed by atoms with E-state index in [0.29, 0.717) is 22.9 Å². The number of piperidine rings is 1. The third-order valence-corrected chi connectivity index (χ3v) is 5.96. The topological polar surface area (TPSA) is 78.8 Å². The zero-order valence-electron chi connectivity index (χ0n) is 15.2. The smallest absolute Gasteiger partial charge is 0.247 e. The highest BCUT2D eigenvalue weighted by atomic mass is 19.1. The highest BCUT2D eigenvalue weighted by molar-refractivity contribution is 5.52. The molecular formula is C21H18FN5O. The third kappa shape index (κ3) is 2.91. The lowest BCUT2D eigenvalue weighted by Crippen LogP contribution is -2.35. The molecule has 0 N–H and O–H groups in total. The molecule has 2 aliphatic rings. The van der Waals surface area contributed by atoms with Gasteiger partial charge in [0.2, 0.25) is 11.8 Å². The second kappa shape index (κ2) is 6.41. The van der Waals surface area contributed by atoms with Gasteiger partial charge in [-0.25, -0.2) is 9.37 Å². The average molecular weight is 375 g/mol. The minimum atomic E-state index is -0.316. The monoisotopic (exact) mass is 375 g/mol. The number of benzene rings is 1. The summed E-state index contributed by atoms with van der Waals surface area (Å²) in [4.78, 5) is 6.65. The van der Waals surface area contributed by atoms with E-state index in [1.54, 1.807) is 24.4 Å². The average Bonchev–Trinajstić information content (AvgIpc) is 3.20. The van der Waals surface area contributed by atoms with Gasteiger partial charge < -0.3 is 9.32 Å². The molecule has 1 saturated carbocycles. The first-order chi connectivity index (χ1) is 13.7. The Morgan fingerprint density at radius 1 is 1.18 bits per heavy atom. The Hall–Kier alpha value is -3.27. The molecule has 28 heavy (non-hydrogen) atoms. The Morgan fingerprint density at radius 2 is 2.04 bits per heavy atom. The zero-order chi connectivity index (χ0) is 19.1. The normalized spacial score (nSPS) is 20.1. The van der Waals surface area contributed by atoms with Gasteiger partial charge in [-0.2, -0.15) is 5.26 Å². The number of hydrogen-bond donors (Lipinski definition) is 0. The number of halogens is 1. The molecule has 5 rings (SSSR count). The summed E-state index contributed by atoms with van der Waals surface area (Å²) < 4.78 is 19.3. The van der Waals surface area contributed by atoms with Gasteiger partial charge in [0, 0.05) is 30.8 Å². The summed E-state index contributed by atoms with van der Waals surface area (Å²) in [6, 6.07) is 12.0. The largest absolute Gasteiger partial charge is 0.420 e. The molecule has 7 heteroatoms. The van der Waals surface area contributed by atoms with E-state index in [9.17, 15) is 4.39 Å². The quantitative estimate of drug-likeness (QED) is 0.690. The second-order valence-corrected chi connectivity index (χ2v) is 7.58. The van der Waals surface area contributed by atoms with E-state index < -0.39 is 0 Å². The molecule has 1 saturated heterocycles. The van der Waals surface area contributed by atoms with Crippen LogP contribution in [0.5, 0.6) is 0 Å². The van der Waals surface area contributed by atoms with Crippen LogP contribution < -0.4 is 4.90 Å². The van der Waals surface area contributed by atoms with E-state index in [2.05, 4.69) is 26.2 Å². The molecule has 140 valence electrons. The van der Waals surface area contributed by atoms with Gasteiger partial charge in [-0.3, -0.25) is 0 Å². The third-order valence-electron chi connectivity index (χ3n) is 5.96. The molecule has 1 aliphatic carbocycles. The lowest BCUT2D eigenvalue weighted by molar-refractivity contribution is 0.352. The summed E-state index contributed by atoms with van der Waals surface area (Å²) in [5, 5.41) is 17.2. The fourth-order valence-corrected chi connectivity index (χ4v) is 4.18. The molecular weight excluding hydrogens is 357 g/mol. The lowest BCUT2D eigenvalue weighted by Gasteiger charge is -2.33. The number of nitrogens with zero attached hydrogens (tertiary/aromatic N) is 5. The summed E-state index contributed by atoms with van der Waals surface area (Å²) in [5.74, 6) is 1.90. The second-order valence-electron chi connectivity index (χ2n) is 7.58. The summed E-state index contributed by atoms with van der Waals surface area (Å²) in [7, 11) is 0. The maximum absolute atomic E-state index is 13.4. The number of rotatable bonds is 3. The van der Waals surface area contributed by atoms with Crippen LogP contribution in [0.1, 0.15) is 36.6 Å². The molecule has 0 amide bonds. The van der Waals surface area contributed by atoms with Crippen molar-refractivity contribution < 1.29 is 8.81 Å². The van der Waals surface area contributed by atoms with E-state index >= 15 is 0 Å². The lowest BCUT2D eigenvalue weighted by atomic mass is 9.91. The van der Waals surface area contributed by atoms with Crippen molar-refractivity contribution in [2.75, 3.05) is 18.0 Å². The first kappa shape index (κ1) is 16.9. The Labute approximate surface area is 161 Å². The van der Waals surface area contributed by atoms with Crippen molar-refractivity contribution in [3.63, 3.8) is 0 Å². The van der Waals surface area contributed by atoms with Crippen molar-refractivity contribution in [3.05, 3.63) is 59.9 Å². The van der Waals surface area contributed by atoms with Crippen LogP contribution in [0.25, 0.3) is 11.5 Å². The van der Waals surface area contributed by atoms with Gasteiger partial charge >= 0.3 is 0 Å². The summed E-state index contributed by atoms with van der Waals surface area (Å²) in [6.07, 6.45) is 4.74. The van der Waals surface area contributed by atoms with Crippen molar-refractivity contribution >= 4 is 5.82 Å². The van der Waals surface area contributed by atoms with Crippen LogP contribution in [0, 0.1) is 22.6 Å². The van der Waals surface area contributed by atoms with Gasteiger partial charge in [0.15, 0.2) is 0 Å². The van der Waals surface area contributed by atoms with E-state index in [1.165, 1.54) is 12.1 Å². The van der Waals surface area contributed by atoms with E-state index in [1.807, 2.05) is 6.07 Å². The Balaban J connectivity index is 1.26. The van der Waals surface area contributed by atoms with Crippen LogP contribution in [-0.4, -0.2) is 28.3 Å². The molecule has 1 atom stereocenters. The van der Waals surface area contributed by atoms with Crippen molar-refractivity contribution in [1.29, 1.82) is 5.26 Å². The Morgan fingerprint density at radius 3 is 2.75 bits per heavy atom. The van der Waals surface area contributed by atoms with Gasteiger partial charge in [-0.05, 0) is 55.0 Å². The van der Waals surface area contributed by atoms with Crippen molar-refractivity contribution in [1.82, 2.24) is 15.2 Å². The molecule has 2 fully saturated rings. The van der Waals surface area contributed by atoms with E-state index in [4.69, 9.17) is 9.68 Å². The standard InChI is InChI=1S/C21H18FN5O/c22-16-3-1-2-15(10-16)19-25-26-20(28-19)17-11-21(17)6-8-27(9-7-21)18-5-4-14(12-23)13-24-18/h1-5,10,13,17H,6-9,11H2/t17-/m0/s1. The van der Waals surface area contributed by atoms with Gasteiger partial charge in [-0.1, -0.05) is 6.07 Å². The zero-order valence-corrected chi connectivity index (χ0v) is 15.2. The molecule has 1 aliphatic heterocycles. The molecule has 3 heterocycles. The van der Waals surface area contributed by atoms with Gasteiger partial charge in [0.25, 0.3) is 0 Å².